The van der Waals surface area contributed by atoms with Crippen molar-refractivity contribution >= 4 is 5.91 Å². The van der Waals surface area contributed by atoms with E-state index in [1.165, 1.54) is 0 Å². The number of methoxy groups -OCH3 is 2. The number of rotatable bonds is 4. The van der Waals surface area contributed by atoms with E-state index in [4.69, 9.17) is 15.2 Å². The van der Waals surface area contributed by atoms with Gasteiger partial charge in [-0.05, 0) is 18.6 Å². The second kappa shape index (κ2) is 5.27. The summed E-state index contributed by atoms with van der Waals surface area (Å²) >= 11 is 0. The summed E-state index contributed by atoms with van der Waals surface area (Å²) < 4.78 is 10.5. The molecule has 1 amide bonds. The normalized spacial score (nSPS) is 19.2. The van der Waals surface area contributed by atoms with Crippen LogP contribution in [0.2, 0.25) is 0 Å². The molecule has 0 spiro atoms. The van der Waals surface area contributed by atoms with Crippen LogP contribution in [0.25, 0.3) is 0 Å². The molecule has 98 valence electrons. The van der Waals surface area contributed by atoms with Crippen LogP contribution < -0.4 is 15.2 Å². The Balaban J connectivity index is 2.16. The van der Waals surface area contributed by atoms with E-state index in [-0.39, 0.29) is 11.9 Å². The highest BCUT2D eigenvalue weighted by Crippen LogP contribution is 2.26. The summed E-state index contributed by atoms with van der Waals surface area (Å²) in [7, 11) is 3.22. The smallest absolute Gasteiger partial charge is 0.239 e. The molecule has 1 atom stereocenters. The largest absolute Gasteiger partial charge is 0.497 e. The van der Waals surface area contributed by atoms with Crippen LogP contribution in [0.3, 0.4) is 0 Å². The predicted octanol–water partition coefficient (Wildman–Crippen LogP) is 0.763. The summed E-state index contributed by atoms with van der Waals surface area (Å²) in [5.74, 6) is 1.47. The van der Waals surface area contributed by atoms with Gasteiger partial charge in [-0.1, -0.05) is 0 Å². The van der Waals surface area contributed by atoms with Crippen molar-refractivity contribution < 1.29 is 14.3 Å². The summed E-state index contributed by atoms with van der Waals surface area (Å²) in [5, 5.41) is 0. The number of nitrogens with two attached hydrogens (primary N) is 1. The van der Waals surface area contributed by atoms with E-state index in [1.807, 2.05) is 18.2 Å². The average molecular weight is 250 g/mol. The van der Waals surface area contributed by atoms with Crippen molar-refractivity contribution in [3.05, 3.63) is 23.8 Å². The van der Waals surface area contributed by atoms with Gasteiger partial charge in [0, 0.05) is 24.7 Å². The fraction of sp³-hybridized carbons (Fsp3) is 0.462. The molecule has 1 aliphatic rings. The number of carbonyl (C=O) groups is 1. The highest BCUT2D eigenvalue weighted by molar-refractivity contribution is 5.83. The standard InChI is InChI=1S/C13H18N2O3/c1-17-10-4-3-9(12(7-10)18-2)8-15-6-5-11(14)13(15)16/h3-4,7,11H,5-6,8,14H2,1-2H3. The van der Waals surface area contributed by atoms with Gasteiger partial charge in [0.1, 0.15) is 11.5 Å². The van der Waals surface area contributed by atoms with Crippen LogP contribution >= 0.6 is 0 Å². The molecule has 0 bridgehead atoms. The summed E-state index contributed by atoms with van der Waals surface area (Å²) in [6, 6.07) is 5.23. The Morgan fingerprint density at radius 2 is 2.17 bits per heavy atom. The molecule has 0 radical (unpaired) electrons. The maximum absolute atomic E-state index is 11.8. The van der Waals surface area contributed by atoms with Gasteiger partial charge in [0.05, 0.1) is 20.3 Å². The minimum atomic E-state index is -0.353. The zero-order chi connectivity index (χ0) is 13.1. The first-order valence-corrected chi connectivity index (χ1v) is 5.91. The maximum Gasteiger partial charge on any atom is 0.239 e. The number of hydrogen-bond donors (Lipinski definition) is 1. The topological polar surface area (TPSA) is 64.8 Å². The van der Waals surface area contributed by atoms with Gasteiger partial charge in [-0.15, -0.1) is 0 Å². The van der Waals surface area contributed by atoms with E-state index < -0.39 is 0 Å². The third kappa shape index (κ3) is 2.41. The molecule has 18 heavy (non-hydrogen) atoms. The Morgan fingerprint density at radius 3 is 2.72 bits per heavy atom. The summed E-state index contributed by atoms with van der Waals surface area (Å²) in [6.45, 7) is 1.23. The molecule has 5 heteroatoms. The SMILES string of the molecule is COc1ccc(CN2CCC(N)C2=O)c(OC)c1. The Labute approximate surface area is 106 Å². The quantitative estimate of drug-likeness (QED) is 0.857. The molecular weight excluding hydrogens is 232 g/mol. The van der Waals surface area contributed by atoms with Crippen LogP contribution in [0, 0.1) is 0 Å². The van der Waals surface area contributed by atoms with Crippen molar-refractivity contribution in [1.82, 2.24) is 4.90 Å². The van der Waals surface area contributed by atoms with Crippen LogP contribution in [0.15, 0.2) is 18.2 Å². The molecular formula is C13H18N2O3. The van der Waals surface area contributed by atoms with E-state index in [0.29, 0.717) is 13.1 Å². The zero-order valence-electron chi connectivity index (χ0n) is 10.7. The number of hydrogen-bond acceptors (Lipinski definition) is 4. The number of likely N-dealkylation sites (tertiary alicyclic amines) is 1. The van der Waals surface area contributed by atoms with Crippen molar-refractivity contribution in [3.63, 3.8) is 0 Å². The number of carbonyl (C=O) groups excluding carboxylic acids is 1. The molecule has 5 nitrogen and oxygen atoms in total. The monoisotopic (exact) mass is 250 g/mol. The van der Waals surface area contributed by atoms with Gasteiger partial charge in [0.25, 0.3) is 0 Å². The third-order valence-corrected chi connectivity index (χ3v) is 3.19. The second-order valence-electron chi connectivity index (χ2n) is 4.33. The molecule has 1 aliphatic heterocycles. The fourth-order valence-corrected chi connectivity index (χ4v) is 2.11. The van der Waals surface area contributed by atoms with Crippen molar-refractivity contribution in [2.45, 2.75) is 19.0 Å². The summed E-state index contributed by atoms with van der Waals surface area (Å²) in [4.78, 5) is 13.5. The zero-order valence-corrected chi connectivity index (χ0v) is 10.7. The molecule has 1 aromatic carbocycles. The van der Waals surface area contributed by atoms with Crippen molar-refractivity contribution in [2.75, 3.05) is 20.8 Å². The molecule has 1 saturated heterocycles. The molecule has 0 aliphatic carbocycles. The lowest BCUT2D eigenvalue weighted by molar-refractivity contribution is -0.129. The molecule has 2 rings (SSSR count). The van der Waals surface area contributed by atoms with Gasteiger partial charge >= 0.3 is 0 Å². The van der Waals surface area contributed by atoms with E-state index in [0.717, 1.165) is 23.5 Å². The van der Waals surface area contributed by atoms with Gasteiger partial charge in [-0.2, -0.15) is 0 Å². The van der Waals surface area contributed by atoms with Crippen LogP contribution in [0.1, 0.15) is 12.0 Å². The van der Waals surface area contributed by atoms with E-state index >= 15 is 0 Å². The Hall–Kier alpha value is -1.75. The van der Waals surface area contributed by atoms with E-state index in [1.54, 1.807) is 19.1 Å². The van der Waals surface area contributed by atoms with Gasteiger partial charge in [0.15, 0.2) is 0 Å². The van der Waals surface area contributed by atoms with Crippen LogP contribution in [0.5, 0.6) is 11.5 Å². The van der Waals surface area contributed by atoms with Gasteiger partial charge in [0.2, 0.25) is 5.91 Å². The molecule has 0 aromatic heterocycles. The highest BCUT2D eigenvalue weighted by atomic mass is 16.5. The van der Waals surface area contributed by atoms with Gasteiger partial charge in [-0.3, -0.25) is 4.79 Å². The molecule has 1 heterocycles. The third-order valence-electron chi connectivity index (χ3n) is 3.19. The minimum Gasteiger partial charge on any atom is -0.497 e. The molecule has 1 fully saturated rings. The molecule has 0 saturated carbocycles. The first-order chi connectivity index (χ1) is 8.65. The Morgan fingerprint density at radius 1 is 1.39 bits per heavy atom. The van der Waals surface area contributed by atoms with Crippen molar-refractivity contribution in [2.24, 2.45) is 5.73 Å². The second-order valence-corrected chi connectivity index (χ2v) is 4.33. The lowest BCUT2D eigenvalue weighted by atomic mass is 10.2. The van der Waals surface area contributed by atoms with Crippen LogP contribution in [-0.4, -0.2) is 37.6 Å². The predicted molar refractivity (Wildman–Crippen MR) is 67.6 cm³/mol. The van der Waals surface area contributed by atoms with Crippen molar-refractivity contribution in [3.8, 4) is 11.5 Å². The van der Waals surface area contributed by atoms with E-state index in [2.05, 4.69) is 0 Å². The fourth-order valence-electron chi connectivity index (χ4n) is 2.11. The number of ether oxygens (including phenoxy) is 2. The Bertz CT molecular complexity index is 448. The summed E-state index contributed by atoms with van der Waals surface area (Å²) in [6.07, 6.45) is 0.720. The number of nitrogens with zero attached hydrogens (tertiary/aromatic N) is 1. The lowest BCUT2D eigenvalue weighted by Gasteiger charge is -2.18. The van der Waals surface area contributed by atoms with Gasteiger partial charge in [-0.25, -0.2) is 0 Å². The molecule has 1 aromatic rings. The average Bonchev–Trinajstić information content (AvgIpc) is 2.71. The van der Waals surface area contributed by atoms with Gasteiger partial charge < -0.3 is 20.1 Å². The van der Waals surface area contributed by atoms with Crippen molar-refractivity contribution in [1.29, 1.82) is 0 Å². The Kier molecular flexibility index (Phi) is 3.72. The molecule has 2 N–H and O–H groups in total. The molecule has 1 unspecified atom stereocenters. The minimum absolute atomic E-state index is 0.00729. The highest BCUT2D eigenvalue weighted by Gasteiger charge is 2.28. The maximum atomic E-state index is 11.8. The first-order valence-electron chi connectivity index (χ1n) is 5.91. The first kappa shape index (κ1) is 12.7. The van der Waals surface area contributed by atoms with Crippen LogP contribution in [-0.2, 0) is 11.3 Å². The number of benzene rings is 1. The van der Waals surface area contributed by atoms with Crippen LogP contribution in [0.4, 0.5) is 0 Å². The van der Waals surface area contributed by atoms with E-state index in [9.17, 15) is 4.79 Å². The lowest BCUT2D eigenvalue weighted by Crippen LogP contribution is -2.33. The summed E-state index contributed by atoms with van der Waals surface area (Å²) in [5.41, 5.74) is 6.66. The number of amides is 1.